The van der Waals surface area contributed by atoms with Crippen LogP contribution in [0, 0.1) is 0 Å². The van der Waals surface area contributed by atoms with Gasteiger partial charge in [-0.1, -0.05) is 23.9 Å². The number of hydrogen-bond donors (Lipinski definition) is 1. The van der Waals surface area contributed by atoms with Gasteiger partial charge in [-0.05, 0) is 55.7 Å². The number of hydrogen-bond acceptors (Lipinski definition) is 6. The molecule has 0 saturated carbocycles. The van der Waals surface area contributed by atoms with Crippen LogP contribution in [-0.2, 0) is 17.8 Å². The first-order valence-electron chi connectivity index (χ1n) is 11.2. The van der Waals surface area contributed by atoms with Gasteiger partial charge in [0.05, 0.1) is 30.8 Å². The monoisotopic (exact) mass is 465 g/mol. The van der Waals surface area contributed by atoms with Gasteiger partial charge in [0, 0.05) is 24.5 Å². The third kappa shape index (κ3) is 4.69. The van der Waals surface area contributed by atoms with Crippen molar-refractivity contribution in [2.75, 3.05) is 19.5 Å². The standard InChI is InChI=1S/C24H27N5O3S/c1-31-18-11-9-17(10-12-18)22-26-27-24(29(22)16-19-6-4-14-32-19)33-15-5-13-28-21-8-3-2-7-20(21)25-23(28)30/h2-3,7-12,19H,4-6,13-16H2,1H3,(H,25,30). The molecule has 0 bridgehead atoms. The molecule has 33 heavy (non-hydrogen) atoms. The number of para-hydroxylation sites is 2. The molecule has 1 atom stereocenters. The Hall–Kier alpha value is -3.04. The first-order valence-corrected chi connectivity index (χ1v) is 12.2. The van der Waals surface area contributed by atoms with Crippen molar-refractivity contribution in [1.82, 2.24) is 24.3 Å². The smallest absolute Gasteiger partial charge is 0.326 e. The summed E-state index contributed by atoms with van der Waals surface area (Å²) in [4.78, 5) is 15.2. The molecule has 5 rings (SSSR count). The Morgan fingerprint density at radius 1 is 1.15 bits per heavy atom. The molecule has 1 aliphatic rings. The van der Waals surface area contributed by atoms with Gasteiger partial charge in [-0.25, -0.2) is 4.79 Å². The third-order valence-electron chi connectivity index (χ3n) is 5.91. The van der Waals surface area contributed by atoms with Crippen molar-refractivity contribution < 1.29 is 9.47 Å². The molecule has 2 aromatic heterocycles. The van der Waals surface area contributed by atoms with Crippen LogP contribution in [0.1, 0.15) is 19.3 Å². The van der Waals surface area contributed by atoms with Crippen molar-refractivity contribution in [1.29, 1.82) is 0 Å². The number of benzene rings is 2. The molecule has 0 aliphatic carbocycles. The maximum atomic E-state index is 12.3. The number of imidazole rings is 1. The summed E-state index contributed by atoms with van der Waals surface area (Å²) in [5.41, 5.74) is 2.74. The SMILES string of the molecule is COc1ccc(-c2nnc(SCCCn3c(=O)[nH]c4ccccc43)n2CC2CCCO2)cc1. The highest BCUT2D eigenvalue weighted by Crippen LogP contribution is 2.28. The van der Waals surface area contributed by atoms with E-state index in [0.29, 0.717) is 6.54 Å². The van der Waals surface area contributed by atoms with Crippen LogP contribution in [0.25, 0.3) is 22.4 Å². The summed E-state index contributed by atoms with van der Waals surface area (Å²) in [6.07, 6.45) is 3.17. The Labute approximate surface area is 195 Å². The Morgan fingerprint density at radius 2 is 2.00 bits per heavy atom. The highest BCUT2D eigenvalue weighted by Gasteiger charge is 2.22. The zero-order valence-corrected chi connectivity index (χ0v) is 19.4. The van der Waals surface area contributed by atoms with E-state index >= 15 is 0 Å². The number of rotatable bonds is 9. The molecule has 0 amide bonds. The van der Waals surface area contributed by atoms with E-state index in [4.69, 9.17) is 9.47 Å². The number of thioether (sulfide) groups is 1. The lowest BCUT2D eigenvalue weighted by atomic mass is 10.2. The largest absolute Gasteiger partial charge is 0.497 e. The fourth-order valence-corrected chi connectivity index (χ4v) is 5.09. The Kier molecular flexibility index (Phi) is 6.50. The lowest BCUT2D eigenvalue weighted by Gasteiger charge is -2.15. The molecule has 4 aromatic rings. The maximum Gasteiger partial charge on any atom is 0.326 e. The van der Waals surface area contributed by atoms with E-state index in [-0.39, 0.29) is 11.8 Å². The van der Waals surface area contributed by atoms with Crippen molar-refractivity contribution in [3.8, 4) is 17.1 Å². The number of aromatic amines is 1. The van der Waals surface area contributed by atoms with Gasteiger partial charge in [0.1, 0.15) is 5.75 Å². The highest BCUT2D eigenvalue weighted by atomic mass is 32.2. The van der Waals surface area contributed by atoms with Crippen LogP contribution in [0.2, 0.25) is 0 Å². The molecule has 1 unspecified atom stereocenters. The average molecular weight is 466 g/mol. The second kappa shape index (κ2) is 9.84. The molecule has 1 saturated heterocycles. The molecule has 0 radical (unpaired) electrons. The molecular formula is C24H27N5O3S. The number of H-pyrrole nitrogens is 1. The lowest BCUT2D eigenvalue weighted by Crippen LogP contribution is -2.17. The summed E-state index contributed by atoms with van der Waals surface area (Å²) < 4.78 is 15.1. The van der Waals surface area contributed by atoms with Gasteiger partial charge in [0.25, 0.3) is 0 Å². The molecule has 1 aliphatic heterocycles. The molecule has 0 spiro atoms. The Morgan fingerprint density at radius 3 is 2.79 bits per heavy atom. The molecule has 1 fully saturated rings. The summed E-state index contributed by atoms with van der Waals surface area (Å²) in [5, 5.41) is 9.87. The molecule has 3 heterocycles. The Bertz CT molecular complexity index is 1270. The minimum Gasteiger partial charge on any atom is -0.497 e. The molecule has 8 nitrogen and oxygen atoms in total. The first kappa shape index (κ1) is 21.8. The van der Waals surface area contributed by atoms with Crippen molar-refractivity contribution in [2.45, 2.75) is 43.6 Å². The fraction of sp³-hybridized carbons (Fsp3) is 0.375. The molecule has 2 aromatic carbocycles. The zero-order chi connectivity index (χ0) is 22.6. The number of methoxy groups -OCH3 is 1. The number of nitrogens with zero attached hydrogens (tertiary/aromatic N) is 4. The summed E-state index contributed by atoms with van der Waals surface area (Å²) in [7, 11) is 1.66. The van der Waals surface area contributed by atoms with E-state index in [0.717, 1.165) is 71.5 Å². The van der Waals surface area contributed by atoms with E-state index in [1.165, 1.54) is 0 Å². The lowest BCUT2D eigenvalue weighted by molar-refractivity contribution is 0.0953. The van der Waals surface area contributed by atoms with Gasteiger partial charge in [-0.15, -0.1) is 10.2 Å². The number of aryl methyl sites for hydroxylation is 1. The van der Waals surface area contributed by atoms with Crippen LogP contribution in [0.4, 0.5) is 0 Å². The van der Waals surface area contributed by atoms with E-state index < -0.39 is 0 Å². The van der Waals surface area contributed by atoms with Crippen LogP contribution in [0.15, 0.2) is 58.5 Å². The van der Waals surface area contributed by atoms with E-state index in [9.17, 15) is 4.79 Å². The van der Waals surface area contributed by atoms with Gasteiger partial charge >= 0.3 is 5.69 Å². The number of aromatic nitrogens is 5. The quantitative estimate of drug-likeness (QED) is 0.297. The van der Waals surface area contributed by atoms with Crippen molar-refractivity contribution in [3.63, 3.8) is 0 Å². The van der Waals surface area contributed by atoms with E-state index in [1.807, 2.05) is 48.5 Å². The molecule has 172 valence electrons. The second-order valence-corrected chi connectivity index (χ2v) is 9.14. The van der Waals surface area contributed by atoms with Crippen LogP contribution in [0.3, 0.4) is 0 Å². The van der Waals surface area contributed by atoms with Crippen molar-refractivity contribution in [3.05, 3.63) is 59.0 Å². The van der Waals surface area contributed by atoms with Crippen LogP contribution in [-0.4, -0.2) is 49.9 Å². The molecular weight excluding hydrogens is 438 g/mol. The third-order valence-corrected chi connectivity index (χ3v) is 6.97. The summed E-state index contributed by atoms with van der Waals surface area (Å²) >= 11 is 1.67. The topological polar surface area (TPSA) is 87.0 Å². The minimum atomic E-state index is -0.0652. The minimum absolute atomic E-state index is 0.0652. The van der Waals surface area contributed by atoms with Crippen LogP contribution < -0.4 is 10.4 Å². The van der Waals surface area contributed by atoms with Crippen LogP contribution >= 0.6 is 11.8 Å². The van der Waals surface area contributed by atoms with Gasteiger partial charge in [-0.2, -0.15) is 0 Å². The molecule has 9 heteroatoms. The normalized spacial score (nSPS) is 16.0. The first-order chi connectivity index (χ1) is 16.2. The van der Waals surface area contributed by atoms with Gasteiger partial charge < -0.3 is 14.5 Å². The molecule has 1 N–H and O–H groups in total. The Balaban J connectivity index is 1.31. The maximum absolute atomic E-state index is 12.3. The van der Waals surface area contributed by atoms with Crippen molar-refractivity contribution in [2.24, 2.45) is 0 Å². The summed E-state index contributed by atoms with van der Waals surface area (Å²) in [6, 6.07) is 15.7. The van der Waals surface area contributed by atoms with Gasteiger partial charge in [0.2, 0.25) is 0 Å². The van der Waals surface area contributed by atoms with Crippen LogP contribution in [0.5, 0.6) is 5.75 Å². The summed E-state index contributed by atoms with van der Waals surface area (Å²) in [5.74, 6) is 2.48. The fourth-order valence-electron chi connectivity index (χ4n) is 4.22. The van der Waals surface area contributed by atoms with E-state index in [1.54, 1.807) is 23.4 Å². The predicted octanol–water partition coefficient (Wildman–Crippen LogP) is 3.96. The van der Waals surface area contributed by atoms with Crippen molar-refractivity contribution >= 4 is 22.8 Å². The second-order valence-electron chi connectivity index (χ2n) is 8.08. The summed E-state index contributed by atoms with van der Waals surface area (Å²) in [6.45, 7) is 2.20. The van der Waals surface area contributed by atoms with Gasteiger partial charge in [-0.3, -0.25) is 9.13 Å². The highest BCUT2D eigenvalue weighted by molar-refractivity contribution is 7.99. The number of fused-ring (bicyclic) bond motifs is 1. The average Bonchev–Trinajstić information content (AvgIpc) is 3.57. The van der Waals surface area contributed by atoms with Gasteiger partial charge in [0.15, 0.2) is 11.0 Å². The zero-order valence-electron chi connectivity index (χ0n) is 18.6. The predicted molar refractivity (Wildman–Crippen MR) is 129 cm³/mol. The number of ether oxygens (including phenoxy) is 2. The number of nitrogens with one attached hydrogen (secondary N) is 1. The van der Waals surface area contributed by atoms with E-state index in [2.05, 4.69) is 19.7 Å².